The molecule has 0 spiro atoms. The van der Waals surface area contributed by atoms with Crippen LogP contribution in [0.5, 0.6) is 0 Å². The van der Waals surface area contributed by atoms with Crippen molar-refractivity contribution in [3.8, 4) is 22.8 Å². The molecule has 0 aliphatic carbocycles. The molecule has 0 bridgehead atoms. The molecule has 0 radical (unpaired) electrons. The van der Waals surface area contributed by atoms with Gasteiger partial charge >= 0.3 is 0 Å². The fourth-order valence-electron chi connectivity index (χ4n) is 2.08. The lowest BCUT2D eigenvalue weighted by molar-refractivity contribution is 0.525. The van der Waals surface area contributed by atoms with E-state index in [1.54, 1.807) is 0 Å². The number of furan rings is 1. The van der Waals surface area contributed by atoms with Crippen LogP contribution in [0.1, 0.15) is 12.7 Å². The molecule has 1 aromatic carbocycles. The van der Waals surface area contributed by atoms with Crippen LogP contribution in [0.3, 0.4) is 0 Å². The number of nitrogens with two attached hydrogens (primary N) is 1. The molecule has 0 saturated heterocycles. The van der Waals surface area contributed by atoms with Gasteiger partial charge in [0.25, 0.3) is 0 Å². The Balaban J connectivity index is 2.09. The van der Waals surface area contributed by atoms with Crippen molar-refractivity contribution in [2.45, 2.75) is 13.3 Å². The van der Waals surface area contributed by atoms with Crippen molar-refractivity contribution in [1.82, 2.24) is 9.97 Å². The molecule has 3 N–H and O–H groups in total. The molecule has 3 aromatic rings. The Morgan fingerprint density at radius 3 is 2.57 bits per heavy atom. The second-order valence-electron chi connectivity index (χ2n) is 4.59. The number of hydrogen-bond acceptors (Lipinski definition) is 5. The van der Waals surface area contributed by atoms with E-state index in [1.807, 2.05) is 55.5 Å². The van der Waals surface area contributed by atoms with Gasteiger partial charge in [0, 0.05) is 18.1 Å². The third kappa shape index (κ3) is 2.78. The highest BCUT2D eigenvalue weighted by molar-refractivity contribution is 5.65. The highest BCUT2D eigenvalue weighted by Crippen LogP contribution is 2.25. The molecule has 0 aliphatic heterocycles. The third-order valence-corrected chi connectivity index (χ3v) is 3.17. The molecule has 0 atom stereocenters. The molecule has 0 fully saturated rings. The Morgan fingerprint density at radius 2 is 1.90 bits per heavy atom. The Bertz CT molecular complexity index is 737. The van der Waals surface area contributed by atoms with Crippen molar-refractivity contribution in [3.05, 3.63) is 54.3 Å². The van der Waals surface area contributed by atoms with Gasteiger partial charge in [0.15, 0.2) is 11.6 Å². The average Bonchev–Trinajstić information content (AvgIpc) is 3.04. The number of aryl methyl sites for hydroxylation is 1. The summed E-state index contributed by atoms with van der Waals surface area (Å²) in [7, 11) is 0. The van der Waals surface area contributed by atoms with E-state index in [4.69, 9.17) is 10.3 Å². The Labute approximate surface area is 122 Å². The summed E-state index contributed by atoms with van der Waals surface area (Å²) in [5.41, 5.74) is 4.37. The summed E-state index contributed by atoms with van der Waals surface area (Å²) in [6.07, 6.45) is 0.834. The molecule has 2 heterocycles. The van der Waals surface area contributed by atoms with Crippen molar-refractivity contribution >= 4 is 5.82 Å². The third-order valence-electron chi connectivity index (χ3n) is 3.17. The van der Waals surface area contributed by atoms with Crippen LogP contribution < -0.4 is 11.3 Å². The minimum Gasteiger partial charge on any atom is -0.458 e. The van der Waals surface area contributed by atoms with Gasteiger partial charge in [-0.25, -0.2) is 15.8 Å². The lowest BCUT2D eigenvalue weighted by atomic mass is 10.1. The van der Waals surface area contributed by atoms with Gasteiger partial charge in [0.1, 0.15) is 11.6 Å². The molecular formula is C16H16N4O. The number of benzene rings is 1. The van der Waals surface area contributed by atoms with Gasteiger partial charge in [-0.2, -0.15) is 0 Å². The van der Waals surface area contributed by atoms with Gasteiger partial charge in [-0.05, 0) is 12.1 Å². The summed E-state index contributed by atoms with van der Waals surface area (Å²) in [6.45, 7) is 2.04. The van der Waals surface area contributed by atoms with E-state index in [2.05, 4.69) is 15.4 Å². The van der Waals surface area contributed by atoms with E-state index >= 15 is 0 Å². The van der Waals surface area contributed by atoms with Crippen LogP contribution in [0, 0.1) is 0 Å². The van der Waals surface area contributed by atoms with Gasteiger partial charge in [-0.1, -0.05) is 37.3 Å². The molecule has 21 heavy (non-hydrogen) atoms. The van der Waals surface area contributed by atoms with E-state index in [0.29, 0.717) is 17.4 Å². The summed E-state index contributed by atoms with van der Waals surface area (Å²) in [4.78, 5) is 8.92. The number of anilines is 1. The zero-order valence-corrected chi connectivity index (χ0v) is 11.7. The van der Waals surface area contributed by atoms with Gasteiger partial charge in [-0.3, -0.25) is 0 Å². The van der Waals surface area contributed by atoms with E-state index < -0.39 is 0 Å². The second kappa shape index (κ2) is 5.76. The molecule has 5 nitrogen and oxygen atoms in total. The quantitative estimate of drug-likeness (QED) is 0.566. The second-order valence-corrected chi connectivity index (χ2v) is 4.59. The molecule has 2 aromatic heterocycles. The summed E-state index contributed by atoms with van der Waals surface area (Å²) in [5.74, 6) is 8.11. The monoisotopic (exact) mass is 280 g/mol. The van der Waals surface area contributed by atoms with Gasteiger partial charge in [-0.15, -0.1) is 0 Å². The molecule has 5 heteroatoms. The topological polar surface area (TPSA) is 77.0 Å². The Hall–Kier alpha value is -2.66. The van der Waals surface area contributed by atoms with Crippen LogP contribution in [-0.4, -0.2) is 9.97 Å². The molecule has 0 saturated carbocycles. The first kappa shape index (κ1) is 13.3. The van der Waals surface area contributed by atoms with Crippen LogP contribution in [-0.2, 0) is 6.42 Å². The van der Waals surface area contributed by atoms with Gasteiger partial charge in [0.05, 0.1) is 5.69 Å². The number of rotatable bonds is 4. The highest BCUT2D eigenvalue weighted by atomic mass is 16.3. The predicted molar refractivity (Wildman–Crippen MR) is 82.4 cm³/mol. The maximum absolute atomic E-state index is 5.72. The lowest BCUT2D eigenvalue weighted by Gasteiger charge is -2.06. The fourth-order valence-corrected chi connectivity index (χ4v) is 2.08. The minimum absolute atomic E-state index is 0.518. The molecular weight excluding hydrogens is 264 g/mol. The van der Waals surface area contributed by atoms with Crippen molar-refractivity contribution in [2.24, 2.45) is 5.84 Å². The zero-order chi connectivity index (χ0) is 14.7. The molecule has 0 aliphatic rings. The van der Waals surface area contributed by atoms with Crippen LogP contribution in [0.2, 0.25) is 0 Å². The molecule has 106 valence electrons. The van der Waals surface area contributed by atoms with Crippen LogP contribution in [0.25, 0.3) is 22.8 Å². The van der Waals surface area contributed by atoms with E-state index in [0.717, 1.165) is 23.4 Å². The van der Waals surface area contributed by atoms with Crippen LogP contribution >= 0.6 is 0 Å². The summed E-state index contributed by atoms with van der Waals surface area (Å²) in [6, 6.07) is 15.5. The first-order valence-corrected chi connectivity index (χ1v) is 6.80. The fraction of sp³-hybridized carbons (Fsp3) is 0.125. The summed E-state index contributed by atoms with van der Waals surface area (Å²) >= 11 is 0. The van der Waals surface area contributed by atoms with Crippen molar-refractivity contribution < 1.29 is 4.42 Å². The predicted octanol–water partition coefficient (Wildman–Crippen LogP) is 3.25. The van der Waals surface area contributed by atoms with Crippen molar-refractivity contribution in [1.29, 1.82) is 0 Å². The van der Waals surface area contributed by atoms with Crippen molar-refractivity contribution in [2.75, 3.05) is 5.43 Å². The largest absolute Gasteiger partial charge is 0.458 e. The normalized spacial score (nSPS) is 10.6. The summed E-state index contributed by atoms with van der Waals surface area (Å²) < 4.78 is 5.72. The zero-order valence-electron chi connectivity index (χ0n) is 11.7. The molecule has 0 amide bonds. The number of nitrogens with one attached hydrogen (secondary N) is 1. The standard InChI is InChI=1S/C16H16N4O/c1-2-12-8-9-14(21-12)16-18-13(10-15(19-16)20-17)11-6-4-3-5-7-11/h3-10H,2,17H2,1H3,(H,18,19,20). The minimum atomic E-state index is 0.518. The first-order chi connectivity index (χ1) is 10.3. The lowest BCUT2D eigenvalue weighted by Crippen LogP contribution is -2.09. The Kier molecular flexibility index (Phi) is 3.66. The molecule has 3 rings (SSSR count). The number of hydrogen-bond donors (Lipinski definition) is 2. The number of nitrogens with zero attached hydrogens (tertiary/aromatic N) is 2. The highest BCUT2D eigenvalue weighted by Gasteiger charge is 2.11. The molecule has 0 unspecified atom stereocenters. The Morgan fingerprint density at radius 1 is 1.10 bits per heavy atom. The van der Waals surface area contributed by atoms with E-state index in [1.165, 1.54) is 0 Å². The smallest absolute Gasteiger partial charge is 0.198 e. The first-order valence-electron chi connectivity index (χ1n) is 6.80. The van der Waals surface area contributed by atoms with E-state index in [-0.39, 0.29) is 0 Å². The average molecular weight is 280 g/mol. The van der Waals surface area contributed by atoms with Crippen LogP contribution in [0.4, 0.5) is 5.82 Å². The van der Waals surface area contributed by atoms with E-state index in [9.17, 15) is 0 Å². The maximum Gasteiger partial charge on any atom is 0.198 e. The summed E-state index contributed by atoms with van der Waals surface area (Å²) in [5, 5.41) is 0. The number of aromatic nitrogens is 2. The number of hydrazine groups is 1. The van der Waals surface area contributed by atoms with Crippen molar-refractivity contribution in [3.63, 3.8) is 0 Å². The van der Waals surface area contributed by atoms with Gasteiger partial charge < -0.3 is 9.84 Å². The SMILES string of the molecule is CCc1ccc(-c2nc(NN)cc(-c3ccccc3)n2)o1. The number of nitrogen functional groups attached to an aromatic ring is 1. The maximum atomic E-state index is 5.72. The van der Waals surface area contributed by atoms with Gasteiger partial charge in [0.2, 0.25) is 0 Å². The van der Waals surface area contributed by atoms with Crippen LogP contribution in [0.15, 0.2) is 52.9 Å².